The lowest BCUT2D eigenvalue weighted by Gasteiger charge is -2.32. The molecule has 1 aromatic heterocycles. The second-order valence-corrected chi connectivity index (χ2v) is 9.87. The Morgan fingerprint density at radius 3 is 2.51 bits per heavy atom. The molecule has 8 nitrogen and oxygen atoms in total. The van der Waals surface area contributed by atoms with E-state index in [0.29, 0.717) is 21.8 Å². The Kier molecular flexibility index (Phi) is 6.44. The molecule has 2 aromatic carbocycles. The van der Waals surface area contributed by atoms with Crippen molar-refractivity contribution in [2.75, 3.05) is 6.54 Å². The van der Waals surface area contributed by atoms with Crippen LogP contribution in [0.5, 0.6) is 0 Å². The molecule has 204 valence electrons. The van der Waals surface area contributed by atoms with Crippen molar-refractivity contribution in [3.8, 4) is 11.1 Å². The second-order valence-electron chi connectivity index (χ2n) is 9.87. The van der Waals surface area contributed by atoms with Crippen LogP contribution in [0.3, 0.4) is 0 Å². The van der Waals surface area contributed by atoms with E-state index in [9.17, 15) is 31.9 Å². The van der Waals surface area contributed by atoms with Crippen molar-refractivity contribution in [2.45, 2.75) is 44.1 Å². The molecule has 2 aliphatic rings. The smallest absolute Gasteiger partial charge is 0.325 e. The molecule has 12 heteroatoms. The van der Waals surface area contributed by atoms with E-state index in [1.54, 1.807) is 24.0 Å². The zero-order valence-electron chi connectivity index (χ0n) is 21.1. The summed E-state index contributed by atoms with van der Waals surface area (Å²) in [6, 6.07) is 7.13. The predicted molar refractivity (Wildman–Crippen MR) is 131 cm³/mol. The largest absolute Gasteiger partial charge is 0.408 e. The van der Waals surface area contributed by atoms with Crippen molar-refractivity contribution in [1.82, 2.24) is 24.9 Å². The highest BCUT2D eigenvalue weighted by molar-refractivity contribution is 6.10. The van der Waals surface area contributed by atoms with E-state index in [1.807, 2.05) is 18.3 Å². The van der Waals surface area contributed by atoms with Crippen molar-refractivity contribution >= 4 is 17.8 Å². The van der Waals surface area contributed by atoms with Gasteiger partial charge in [-0.3, -0.25) is 19.2 Å². The minimum absolute atomic E-state index is 0.256. The Hall–Kier alpha value is -4.22. The Bertz CT molecular complexity index is 1450. The molecule has 39 heavy (non-hydrogen) atoms. The molecule has 2 heterocycles. The van der Waals surface area contributed by atoms with Crippen LogP contribution in [0.2, 0.25) is 0 Å². The summed E-state index contributed by atoms with van der Waals surface area (Å²) >= 11 is 0. The molecule has 1 N–H and O–H groups in total. The van der Waals surface area contributed by atoms with Crippen LogP contribution in [-0.2, 0) is 35.1 Å². The van der Waals surface area contributed by atoms with Gasteiger partial charge in [0, 0.05) is 25.4 Å². The van der Waals surface area contributed by atoms with Gasteiger partial charge in [0.25, 0.3) is 5.91 Å². The second kappa shape index (κ2) is 9.51. The lowest BCUT2D eigenvalue weighted by atomic mass is 9.90. The number of carbonyl (C=O) groups is 3. The van der Waals surface area contributed by atoms with Crippen molar-refractivity contribution < 1.29 is 31.9 Å². The fraction of sp³-hybridized carbons (Fsp3) is 0.333. The Morgan fingerprint density at radius 1 is 1.15 bits per heavy atom. The highest BCUT2D eigenvalue weighted by Gasteiger charge is 2.56. The van der Waals surface area contributed by atoms with Gasteiger partial charge in [-0.2, -0.15) is 18.3 Å². The minimum Gasteiger partial charge on any atom is -0.325 e. The van der Waals surface area contributed by atoms with Crippen LogP contribution in [-0.4, -0.2) is 56.2 Å². The summed E-state index contributed by atoms with van der Waals surface area (Å²) in [5, 5.41) is 6.86. The van der Waals surface area contributed by atoms with E-state index < -0.39 is 54.5 Å². The average Bonchev–Trinajstić information content (AvgIpc) is 3.55. The molecule has 0 radical (unpaired) electrons. The number of imide groups is 1. The van der Waals surface area contributed by atoms with Gasteiger partial charge in [0.05, 0.1) is 6.20 Å². The molecule has 4 amide bonds. The van der Waals surface area contributed by atoms with Crippen LogP contribution in [0.25, 0.3) is 11.1 Å². The number of alkyl halides is 3. The molecule has 2 atom stereocenters. The lowest BCUT2D eigenvalue weighted by Crippen LogP contribution is -2.51. The SMILES string of the molecule is C[C@H](N(Cc1ccc(F)cc1)C(=O)CN1C(=O)N[C@@]2(CCc3cc(-c4cnn(C)c4)ccc32)C1=O)C(F)(F)F. The maximum Gasteiger partial charge on any atom is 0.408 e. The number of benzene rings is 2. The van der Waals surface area contributed by atoms with Crippen LogP contribution in [0.1, 0.15) is 30.0 Å². The number of nitrogens with zero attached hydrogens (tertiary/aromatic N) is 4. The summed E-state index contributed by atoms with van der Waals surface area (Å²) < 4.78 is 55.9. The molecule has 1 fully saturated rings. The summed E-state index contributed by atoms with van der Waals surface area (Å²) in [5.74, 6) is -2.32. The van der Waals surface area contributed by atoms with Gasteiger partial charge in [-0.15, -0.1) is 0 Å². The van der Waals surface area contributed by atoms with Crippen LogP contribution < -0.4 is 5.32 Å². The van der Waals surface area contributed by atoms with E-state index in [-0.39, 0.29) is 12.0 Å². The number of aryl methyl sites for hydroxylation is 2. The number of hydrogen-bond acceptors (Lipinski definition) is 4. The van der Waals surface area contributed by atoms with Gasteiger partial charge >= 0.3 is 12.2 Å². The molecule has 0 saturated carbocycles. The van der Waals surface area contributed by atoms with E-state index >= 15 is 0 Å². The predicted octanol–water partition coefficient (Wildman–Crippen LogP) is 3.90. The number of carbonyl (C=O) groups excluding carboxylic acids is 3. The maximum absolute atomic E-state index is 13.6. The number of nitrogens with one attached hydrogen (secondary N) is 1. The molecule has 5 rings (SSSR count). The number of rotatable bonds is 6. The standard InChI is InChI=1S/C27H25F4N5O3/c1-16(27(29,30)31)35(13-17-3-6-21(28)7-4-17)23(37)15-36-24(38)26(33-25(36)39)10-9-19-11-18(5-8-22(19)26)20-12-32-34(2)14-20/h3-8,11-12,14,16H,9-10,13,15H2,1-2H3,(H,33,39)/t16-,26+/m0/s1. The summed E-state index contributed by atoms with van der Waals surface area (Å²) in [4.78, 5) is 40.9. The molecular formula is C27H25F4N5O3. The van der Waals surface area contributed by atoms with Crippen molar-refractivity contribution in [3.05, 3.63) is 77.4 Å². The van der Waals surface area contributed by atoms with Crippen molar-refractivity contribution in [3.63, 3.8) is 0 Å². The summed E-state index contributed by atoms with van der Waals surface area (Å²) in [6.45, 7) is -0.520. The maximum atomic E-state index is 13.6. The van der Waals surface area contributed by atoms with Gasteiger partial charge < -0.3 is 10.2 Å². The van der Waals surface area contributed by atoms with Gasteiger partial charge in [0.2, 0.25) is 5.91 Å². The number of fused-ring (bicyclic) bond motifs is 2. The third-order valence-electron chi connectivity index (χ3n) is 7.37. The first-order valence-corrected chi connectivity index (χ1v) is 12.3. The molecule has 1 aliphatic carbocycles. The topological polar surface area (TPSA) is 87.5 Å². The van der Waals surface area contributed by atoms with E-state index in [4.69, 9.17) is 0 Å². The first kappa shape index (κ1) is 26.4. The number of halogens is 4. The molecule has 1 saturated heterocycles. The Balaban J connectivity index is 1.39. The first-order chi connectivity index (χ1) is 18.4. The van der Waals surface area contributed by atoms with Gasteiger partial charge in [-0.05, 0) is 54.2 Å². The third-order valence-corrected chi connectivity index (χ3v) is 7.37. The molecule has 0 bridgehead atoms. The summed E-state index contributed by atoms with van der Waals surface area (Å²) in [7, 11) is 1.80. The van der Waals surface area contributed by atoms with Gasteiger partial charge in [-0.1, -0.05) is 30.3 Å². The van der Waals surface area contributed by atoms with E-state index in [1.165, 1.54) is 12.1 Å². The van der Waals surface area contributed by atoms with E-state index in [0.717, 1.165) is 35.7 Å². The zero-order chi connectivity index (χ0) is 28.1. The Morgan fingerprint density at radius 2 is 1.87 bits per heavy atom. The zero-order valence-corrected chi connectivity index (χ0v) is 21.1. The average molecular weight is 544 g/mol. The molecule has 0 unspecified atom stereocenters. The number of amides is 4. The van der Waals surface area contributed by atoms with Crippen LogP contribution in [0.15, 0.2) is 54.9 Å². The number of hydrogen-bond donors (Lipinski definition) is 1. The van der Waals surface area contributed by atoms with E-state index in [2.05, 4.69) is 10.4 Å². The van der Waals surface area contributed by atoms with Crippen LogP contribution >= 0.6 is 0 Å². The molecular weight excluding hydrogens is 518 g/mol. The van der Waals surface area contributed by atoms with Crippen molar-refractivity contribution in [1.29, 1.82) is 0 Å². The van der Waals surface area contributed by atoms with Gasteiger partial charge in [-0.25, -0.2) is 9.18 Å². The molecule has 3 aromatic rings. The van der Waals surface area contributed by atoms with Gasteiger partial charge in [0.1, 0.15) is 23.9 Å². The van der Waals surface area contributed by atoms with Crippen LogP contribution in [0, 0.1) is 5.82 Å². The normalized spacial score (nSPS) is 19.4. The molecule has 1 aliphatic heterocycles. The fourth-order valence-corrected chi connectivity index (χ4v) is 5.18. The monoisotopic (exact) mass is 543 g/mol. The van der Waals surface area contributed by atoms with Crippen LogP contribution in [0.4, 0.5) is 22.4 Å². The highest BCUT2D eigenvalue weighted by Crippen LogP contribution is 2.42. The first-order valence-electron chi connectivity index (χ1n) is 12.3. The van der Waals surface area contributed by atoms with Gasteiger partial charge in [0.15, 0.2) is 0 Å². The molecule has 1 spiro atoms. The summed E-state index contributed by atoms with van der Waals surface area (Å²) in [6.07, 6.45) is -0.459. The quantitative estimate of drug-likeness (QED) is 0.378. The summed E-state index contributed by atoms with van der Waals surface area (Å²) in [5.41, 5.74) is 2.09. The number of aromatic nitrogens is 2. The highest BCUT2D eigenvalue weighted by atomic mass is 19.4. The fourth-order valence-electron chi connectivity index (χ4n) is 5.18. The van der Waals surface area contributed by atoms with Crippen molar-refractivity contribution in [2.24, 2.45) is 7.05 Å². The minimum atomic E-state index is -4.76. The number of urea groups is 1. The third kappa shape index (κ3) is 4.75. The Labute approximate surface area is 221 Å². The lowest BCUT2D eigenvalue weighted by molar-refractivity contribution is -0.187.